The van der Waals surface area contributed by atoms with Crippen molar-refractivity contribution in [1.29, 1.82) is 0 Å². The van der Waals surface area contributed by atoms with Gasteiger partial charge in [-0.3, -0.25) is 18.5 Å². The van der Waals surface area contributed by atoms with Crippen LogP contribution in [0, 0.1) is 0 Å². The molecular formula is C18H18BrClN6O2. The van der Waals surface area contributed by atoms with Gasteiger partial charge in [0.1, 0.15) is 0 Å². The van der Waals surface area contributed by atoms with Crippen LogP contribution in [0.5, 0.6) is 0 Å². The summed E-state index contributed by atoms with van der Waals surface area (Å²) >= 11 is 9.34. The average molecular weight is 466 g/mol. The Labute approximate surface area is 173 Å². The Hall–Kier alpha value is -2.65. The molecule has 3 rings (SSSR count). The van der Waals surface area contributed by atoms with Gasteiger partial charge < -0.3 is 0 Å². The van der Waals surface area contributed by atoms with Crippen LogP contribution in [-0.4, -0.2) is 24.9 Å². The summed E-state index contributed by atoms with van der Waals surface area (Å²) in [5, 5.41) is 4.78. The highest BCUT2D eigenvalue weighted by molar-refractivity contribution is 9.10. The molecule has 0 spiro atoms. The molecule has 28 heavy (non-hydrogen) atoms. The van der Waals surface area contributed by atoms with Gasteiger partial charge in [-0.2, -0.15) is 10.1 Å². The first-order chi connectivity index (χ1) is 13.3. The number of hydrazone groups is 1. The molecule has 146 valence electrons. The highest BCUT2D eigenvalue weighted by atomic mass is 79.9. The van der Waals surface area contributed by atoms with Crippen molar-refractivity contribution in [3.05, 3.63) is 66.2 Å². The van der Waals surface area contributed by atoms with E-state index in [9.17, 15) is 9.59 Å². The minimum atomic E-state index is -0.448. The lowest BCUT2D eigenvalue weighted by Gasteiger charge is -2.07. The summed E-state index contributed by atoms with van der Waals surface area (Å²) in [6.45, 7) is 2.04. The molecule has 8 nitrogen and oxygen atoms in total. The number of halogens is 2. The molecule has 0 saturated carbocycles. The van der Waals surface area contributed by atoms with E-state index in [1.165, 1.54) is 11.6 Å². The molecule has 0 aliphatic carbocycles. The van der Waals surface area contributed by atoms with Crippen molar-refractivity contribution >= 4 is 50.9 Å². The van der Waals surface area contributed by atoms with Crippen LogP contribution in [0.25, 0.3) is 11.2 Å². The summed E-state index contributed by atoms with van der Waals surface area (Å²) in [4.78, 5) is 29.3. The minimum Gasteiger partial charge on any atom is -0.299 e. The number of aryl methyl sites for hydroxylation is 1. The number of hydrogen-bond acceptors (Lipinski definition) is 5. The molecule has 0 bridgehead atoms. The number of benzene rings is 1. The van der Waals surface area contributed by atoms with E-state index in [1.54, 1.807) is 30.8 Å². The molecule has 1 aromatic carbocycles. The molecule has 1 N–H and O–H groups in total. The van der Waals surface area contributed by atoms with Gasteiger partial charge in [0.15, 0.2) is 11.2 Å². The molecule has 0 aliphatic rings. The summed E-state index contributed by atoms with van der Waals surface area (Å²) in [5.41, 5.74) is 3.43. The lowest BCUT2D eigenvalue weighted by Crippen LogP contribution is -2.37. The molecule has 0 atom stereocenters. The number of hydrogen-bond donors (Lipinski definition) is 1. The Kier molecular flexibility index (Phi) is 5.85. The molecule has 0 radical (unpaired) electrons. The zero-order chi connectivity index (χ0) is 20.4. The Balaban J connectivity index is 2.08. The van der Waals surface area contributed by atoms with Crippen molar-refractivity contribution in [3.63, 3.8) is 0 Å². The van der Waals surface area contributed by atoms with Gasteiger partial charge in [0.25, 0.3) is 5.56 Å². The maximum Gasteiger partial charge on any atom is 0.332 e. The second-order valence-electron chi connectivity index (χ2n) is 6.14. The van der Waals surface area contributed by atoms with E-state index in [2.05, 4.69) is 31.4 Å². The standard InChI is InChI=1S/C18H18BrClN6O2/c1-11(20)8-9-26-14-15(24(2)18(28)25(3)16(14)27)22-17(26)23-21-10-12-4-6-13(19)7-5-12/h4-8,10H,9H2,1-3H3,(H,22,23). The summed E-state index contributed by atoms with van der Waals surface area (Å²) < 4.78 is 4.99. The number of aromatic nitrogens is 4. The van der Waals surface area contributed by atoms with Gasteiger partial charge in [0, 0.05) is 30.1 Å². The first kappa shape index (κ1) is 20.1. The van der Waals surface area contributed by atoms with Crippen LogP contribution < -0.4 is 16.7 Å². The first-order valence-corrected chi connectivity index (χ1v) is 9.50. The number of anilines is 1. The second kappa shape index (κ2) is 8.15. The predicted octanol–water partition coefficient (Wildman–Crippen LogP) is 2.78. The quantitative estimate of drug-likeness (QED) is 0.464. The number of nitrogens with zero attached hydrogens (tertiary/aromatic N) is 5. The third kappa shape index (κ3) is 3.95. The fourth-order valence-corrected chi connectivity index (χ4v) is 2.97. The topological polar surface area (TPSA) is 86.2 Å². The maximum atomic E-state index is 12.7. The predicted molar refractivity (Wildman–Crippen MR) is 115 cm³/mol. The monoisotopic (exact) mass is 464 g/mol. The Bertz CT molecular complexity index is 1200. The lowest BCUT2D eigenvalue weighted by atomic mass is 10.2. The van der Waals surface area contributed by atoms with E-state index in [1.807, 2.05) is 24.3 Å². The van der Waals surface area contributed by atoms with Crippen LogP contribution in [0.1, 0.15) is 12.5 Å². The molecule has 0 fully saturated rings. The molecule has 10 heteroatoms. The number of fused-ring (bicyclic) bond motifs is 1. The van der Waals surface area contributed by atoms with Gasteiger partial charge in [-0.25, -0.2) is 10.2 Å². The van der Waals surface area contributed by atoms with Crippen LogP contribution in [0.3, 0.4) is 0 Å². The maximum absolute atomic E-state index is 12.7. The zero-order valence-corrected chi connectivity index (χ0v) is 17.8. The first-order valence-electron chi connectivity index (χ1n) is 8.32. The van der Waals surface area contributed by atoms with Gasteiger partial charge in [0.05, 0.1) is 6.21 Å². The molecule has 0 saturated heterocycles. The normalized spacial score (nSPS) is 12.2. The number of nitrogens with one attached hydrogen (secondary N) is 1. The Morgan fingerprint density at radius 1 is 1.25 bits per heavy atom. The van der Waals surface area contributed by atoms with E-state index in [-0.39, 0.29) is 5.65 Å². The van der Waals surface area contributed by atoms with Crippen molar-refractivity contribution in [2.45, 2.75) is 13.5 Å². The van der Waals surface area contributed by atoms with Crippen LogP contribution in [0.15, 0.2) is 54.5 Å². The smallest absolute Gasteiger partial charge is 0.299 e. The molecule has 2 aromatic heterocycles. The van der Waals surface area contributed by atoms with Crippen molar-refractivity contribution in [3.8, 4) is 0 Å². The summed E-state index contributed by atoms with van der Waals surface area (Å²) in [7, 11) is 3.00. The van der Waals surface area contributed by atoms with Crippen LogP contribution >= 0.6 is 27.5 Å². The number of allylic oxidation sites excluding steroid dienone is 2. The van der Waals surface area contributed by atoms with E-state index in [0.717, 1.165) is 14.6 Å². The highest BCUT2D eigenvalue weighted by Gasteiger charge is 2.18. The number of rotatable bonds is 5. The lowest BCUT2D eigenvalue weighted by molar-refractivity contribution is 0.703. The van der Waals surface area contributed by atoms with Gasteiger partial charge in [-0.05, 0) is 24.6 Å². The summed E-state index contributed by atoms with van der Waals surface area (Å²) in [5.74, 6) is 0.329. The van der Waals surface area contributed by atoms with Crippen LogP contribution in [0.4, 0.5) is 5.95 Å². The van der Waals surface area contributed by atoms with E-state index >= 15 is 0 Å². The van der Waals surface area contributed by atoms with E-state index < -0.39 is 11.2 Å². The van der Waals surface area contributed by atoms with Crippen molar-refractivity contribution in [2.24, 2.45) is 19.2 Å². The highest BCUT2D eigenvalue weighted by Crippen LogP contribution is 2.17. The van der Waals surface area contributed by atoms with Gasteiger partial charge in [-0.1, -0.05) is 45.7 Å². The summed E-state index contributed by atoms with van der Waals surface area (Å²) in [6, 6.07) is 7.61. The molecule has 3 aromatic rings. The molecule has 2 heterocycles. The van der Waals surface area contributed by atoms with Crippen molar-refractivity contribution < 1.29 is 0 Å². The zero-order valence-electron chi connectivity index (χ0n) is 15.5. The third-order valence-electron chi connectivity index (χ3n) is 4.15. The number of imidazole rings is 1. The molecular weight excluding hydrogens is 448 g/mol. The Morgan fingerprint density at radius 2 is 1.93 bits per heavy atom. The van der Waals surface area contributed by atoms with Gasteiger partial charge in [0.2, 0.25) is 5.95 Å². The Morgan fingerprint density at radius 3 is 2.57 bits per heavy atom. The molecule has 0 unspecified atom stereocenters. The van der Waals surface area contributed by atoms with E-state index in [4.69, 9.17) is 11.6 Å². The van der Waals surface area contributed by atoms with Crippen LogP contribution in [-0.2, 0) is 20.6 Å². The fourth-order valence-electron chi connectivity index (χ4n) is 2.64. The second-order valence-corrected chi connectivity index (χ2v) is 7.65. The summed E-state index contributed by atoms with van der Waals surface area (Å²) in [6.07, 6.45) is 3.38. The minimum absolute atomic E-state index is 0.273. The molecule has 0 aliphatic heterocycles. The van der Waals surface area contributed by atoms with Gasteiger partial charge >= 0.3 is 5.69 Å². The van der Waals surface area contributed by atoms with Crippen molar-refractivity contribution in [1.82, 2.24) is 18.7 Å². The molecule has 0 amide bonds. The largest absolute Gasteiger partial charge is 0.332 e. The fraction of sp³-hybridized carbons (Fsp3) is 0.222. The van der Waals surface area contributed by atoms with Crippen LogP contribution in [0.2, 0.25) is 0 Å². The average Bonchev–Trinajstić information content (AvgIpc) is 3.03. The van der Waals surface area contributed by atoms with E-state index in [0.29, 0.717) is 23.0 Å². The SMILES string of the molecule is CC(Cl)=CCn1c(NN=Cc2ccc(Br)cc2)nc2c1c(=O)n(C)c(=O)n2C. The third-order valence-corrected chi connectivity index (χ3v) is 4.83. The van der Waals surface area contributed by atoms with Gasteiger partial charge in [-0.15, -0.1) is 0 Å². The van der Waals surface area contributed by atoms with Crippen molar-refractivity contribution in [2.75, 3.05) is 5.43 Å².